The summed E-state index contributed by atoms with van der Waals surface area (Å²) in [5.41, 5.74) is -0.963. The molecule has 0 aliphatic heterocycles. The minimum atomic E-state index is -0.526. The second-order valence-corrected chi connectivity index (χ2v) is 3.47. The molecule has 0 aromatic carbocycles. The quantitative estimate of drug-likeness (QED) is 0.733. The standard InChI is InChI=1S/C10H16N2O4/c1-3-8(6-13)16-7(2)12-5-4-9(14)11-10(12)15/h4-5,7-8,13H,3,6H2,1-2H3,(H,11,14,15). The van der Waals surface area contributed by atoms with Gasteiger partial charge in [-0.15, -0.1) is 0 Å². The van der Waals surface area contributed by atoms with Gasteiger partial charge in [0.1, 0.15) is 6.23 Å². The SMILES string of the molecule is CCC(CO)OC(C)n1ccc(=O)[nH]c1=O. The molecule has 0 saturated carbocycles. The van der Waals surface area contributed by atoms with Gasteiger partial charge in [-0.2, -0.15) is 0 Å². The average Bonchev–Trinajstić information content (AvgIpc) is 2.25. The normalized spacial score (nSPS) is 14.7. The number of aliphatic hydroxyl groups excluding tert-OH is 1. The van der Waals surface area contributed by atoms with Gasteiger partial charge in [0.2, 0.25) is 0 Å². The van der Waals surface area contributed by atoms with E-state index in [1.165, 1.54) is 16.8 Å². The fourth-order valence-corrected chi connectivity index (χ4v) is 1.33. The van der Waals surface area contributed by atoms with Crippen LogP contribution in [-0.2, 0) is 4.74 Å². The predicted octanol–water partition coefficient (Wildman–Crippen LogP) is -0.157. The van der Waals surface area contributed by atoms with Crippen molar-refractivity contribution in [3.63, 3.8) is 0 Å². The molecule has 6 heteroatoms. The van der Waals surface area contributed by atoms with Crippen LogP contribution in [0.4, 0.5) is 0 Å². The van der Waals surface area contributed by atoms with Crippen molar-refractivity contribution in [2.24, 2.45) is 0 Å². The van der Waals surface area contributed by atoms with Crippen molar-refractivity contribution in [2.45, 2.75) is 32.6 Å². The Morgan fingerprint density at radius 1 is 1.56 bits per heavy atom. The molecule has 0 spiro atoms. The lowest BCUT2D eigenvalue weighted by molar-refractivity contribution is -0.0682. The van der Waals surface area contributed by atoms with E-state index < -0.39 is 17.5 Å². The third-order valence-electron chi connectivity index (χ3n) is 2.29. The molecule has 0 radical (unpaired) electrons. The van der Waals surface area contributed by atoms with Gasteiger partial charge in [0.25, 0.3) is 5.56 Å². The molecule has 1 aromatic rings. The summed E-state index contributed by atoms with van der Waals surface area (Å²) in [5, 5.41) is 8.97. The van der Waals surface area contributed by atoms with E-state index in [0.29, 0.717) is 6.42 Å². The van der Waals surface area contributed by atoms with Crippen molar-refractivity contribution in [3.8, 4) is 0 Å². The van der Waals surface area contributed by atoms with Crippen LogP contribution in [0.25, 0.3) is 0 Å². The molecule has 1 aromatic heterocycles. The first-order valence-electron chi connectivity index (χ1n) is 5.16. The topological polar surface area (TPSA) is 84.3 Å². The molecule has 0 aliphatic carbocycles. The van der Waals surface area contributed by atoms with Crippen LogP contribution in [0.3, 0.4) is 0 Å². The number of aromatic nitrogens is 2. The summed E-state index contributed by atoms with van der Waals surface area (Å²) in [6.07, 6.45) is 1.18. The van der Waals surface area contributed by atoms with Gasteiger partial charge in [-0.25, -0.2) is 4.79 Å². The molecule has 0 fully saturated rings. The van der Waals surface area contributed by atoms with Crippen LogP contribution < -0.4 is 11.2 Å². The molecule has 1 rings (SSSR count). The molecule has 2 unspecified atom stereocenters. The van der Waals surface area contributed by atoms with Crippen LogP contribution in [-0.4, -0.2) is 27.4 Å². The number of aliphatic hydroxyl groups is 1. The van der Waals surface area contributed by atoms with E-state index >= 15 is 0 Å². The highest BCUT2D eigenvalue weighted by Gasteiger charge is 2.12. The Bertz CT molecular complexity index is 433. The summed E-state index contributed by atoms with van der Waals surface area (Å²) in [7, 11) is 0. The van der Waals surface area contributed by atoms with E-state index in [1.54, 1.807) is 6.92 Å². The van der Waals surface area contributed by atoms with Gasteiger partial charge in [-0.05, 0) is 13.3 Å². The molecule has 1 heterocycles. The van der Waals surface area contributed by atoms with E-state index in [1.807, 2.05) is 6.92 Å². The third kappa shape index (κ3) is 3.04. The minimum Gasteiger partial charge on any atom is -0.394 e. The van der Waals surface area contributed by atoms with Crippen molar-refractivity contribution in [1.82, 2.24) is 9.55 Å². The Morgan fingerprint density at radius 3 is 2.75 bits per heavy atom. The molecule has 0 amide bonds. The van der Waals surface area contributed by atoms with E-state index in [4.69, 9.17) is 9.84 Å². The van der Waals surface area contributed by atoms with Crippen molar-refractivity contribution in [1.29, 1.82) is 0 Å². The van der Waals surface area contributed by atoms with Crippen LogP contribution >= 0.6 is 0 Å². The molecule has 0 saturated heterocycles. The molecule has 0 bridgehead atoms. The second kappa shape index (κ2) is 5.62. The average molecular weight is 228 g/mol. The lowest BCUT2D eigenvalue weighted by atomic mass is 10.3. The predicted molar refractivity (Wildman–Crippen MR) is 58.3 cm³/mol. The highest BCUT2D eigenvalue weighted by atomic mass is 16.5. The van der Waals surface area contributed by atoms with Crippen LogP contribution in [0.2, 0.25) is 0 Å². The fraction of sp³-hybridized carbons (Fsp3) is 0.600. The molecular weight excluding hydrogens is 212 g/mol. The first-order valence-corrected chi connectivity index (χ1v) is 5.16. The van der Waals surface area contributed by atoms with Crippen LogP contribution in [0.5, 0.6) is 0 Å². The summed E-state index contributed by atoms with van der Waals surface area (Å²) in [4.78, 5) is 24.4. The number of nitrogens with zero attached hydrogens (tertiary/aromatic N) is 1. The van der Waals surface area contributed by atoms with Gasteiger partial charge < -0.3 is 9.84 Å². The van der Waals surface area contributed by atoms with Gasteiger partial charge in [0.05, 0.1) is 12.7 Å². The lowest BCUT2D eigenvalue weighted by Gasteiger charge is -2.20. The molecule has 2 N–H and O–H groups in total. The van der Waals surface area contributed by atoms with E-state index in [2.05, 4.69) is 4.98 Å². The molecule has 0 aliphatic rings. The summed E-state index contributed by atoms with van der Waals surface area (Å²) in [6.45, 7) is 3.46. The van der Waals surface area contributed by atoms with E-state index in [9.17, 15) is 9.59 Å². The van der Waals surface area contributed by atoms with E-state index in [0.717, 1.165) is 0 Å². The number of nitrogens with one attached hydrogen (secondary N) is 1. The fourth-order valence-electron chi connectivity index (χ4n) is 1.33. The molecule has 90 valence electrons. The highest BCUT2D eigenvalue weighted by Crippen LogP contribution is 2.09. The maximum Gasteiger partial charge on any atom is 0.330 e. The molecule has 6 nitrogen and oxygen atoms in total. The van der Waals surface area contributed by atoms with Crippen molar-refractivity contribution in [2.75, 3.05) is 6.61 Å². The zero-order valence-electron chi connectivity index (χ0n) is 9.34. The summed E-state index contributed by atoms with van der Waals surface area (Å²) < 4.78 is 6.71. The number of hydrogen-bond donors (Lipinski definition) is 2. The number of aromatic amines is 1. The zero-order valence-corrected chi connectivity index (χ0v) is 9.34. The number of H-pyrrole nitrogens is 1. The number of rotatable bonds is 5. The zero-order chi connectivity index (χ0) is 12.1. The highest BCUT2D eigenvalue weighted by molar-refractivity contribution is 4.83. The van der Waals surface area contributed by atoms with Crippen LogP contribution in [0, 0.1) is 0 Å². The summed E-state index contributed by atoms with van der Waals surface area (Å²) in [5.74, 6) is 0. The maximum absolute atomic E-state index is 11.4. The number of ether oxygens (including phenoxy) is 1. The smallest absolute Gasteiger partial charge is 0.330 e. The molecule has 2 atom stereocenters. The Kier molecular flexibility index (Phi) is 4.45. The Hall–Kier alpha value is -1.40. The van der Waals surface area contributed by atoms with Crippen LogP contribution in [0.1, 0.15) is 26.5 Å². The van der Waals surface area contributed by atoms with Crippen LogP contribution in [0.15, 0.2) is 21.9 Å². The first-order chi connectivity index (χ1) is 7.58. The van der Waals surface area contributed by atoms with Gasteiger partial charge in [0.15, 0.2) is 0 Å². The van der Waals surface area contributed by atoms with Gasteiger partial charge in [-0.1, -0.05) is 6.92 Å². The van der Waals surface area contributed by atoms with E-state index in [-0.39, 0.29) is 12.7 Å². The first kappa shape index (κ1) is 12.7. The second-order valence-electron chi connectivity index (χ2n) is 3.47. The Morgan fingerprint density at radius 2 is 2.25 bits per heavy atom. The Balaban J connectivity index is 2.84. The number of hydrogen-bond acceptors (Lipinski definition) is 4. The third-order valence-corrected chi connectivity index (χ3v) is 2.29. The maximum atomic E-state index is 11.4. The van der Waals surface area contributed by atoms with Crippen molar-refractivity contribution < 1.29 is 9.84 Å². The van der Waals surface area contributed by atoms with Crippen molar-refractivity contribution in [3.05, 3.63) is 33.1 Å². The summed E-state index contributed by atoms with van der Waals surface area (Å²) in [6, 6.07) is 1.25. The summed E-state index contributed by atoms with van der Waals surface area (Å²) >= 11 is 0. The largest absolute Gasteiger partial charge is 0.394 e. The minimum absolute atomic E-state index is 0.0983. The van der Waals surface area contributed by atoms with Crippen molar-refractivity contribution >= 4 is 0 Å². The Labute approximate surface area is 92.5 Å². The van der Waals surface area contributed by atoms with Gasteiger partial charge in [0, 0.05) is 12.3 Å². The molecule has 16 heavy (non-hydrogen) atoms. The van der Waals surface area contributed by atoms with Gasteiger partial charge >= 0.3 is 5.69 Å². The molecular formula is C10H16N2O4. The monoisotopic (exact) mass is 228 g/mol. The van der Waals surface area contributed by atoms with Gasteiger partial charge in [-0.3, -0.25) is 14.3 Å². The lowest BCUT2D eigenvalue weighted by Crippen LogP contribution is -2.33.